The molecule has 0 aliphatic heterocycles. The predicted octanol–water partition coefficient (Wildman–Crippen LogP) is 3.48. The first-order valence-electron chi connectivity index (χ1n) is 6.67. The molecular weight excluding hydrogens is 258 g/mol. The van der Waals surface area contributed by atoms with E-state index in [9.17, 15) is 0 Å². The minimum Gasteiger partial charge on any atom is -0.497 e. The Morgan fingerprint density at radius 1 is 1.21 bits per heavy atom. The highest BCUT2D eigenvalue weighted by atomic mass is 32.2. The molecule has 0 fully saturated rings. The topological polar surface area (TPSA) is 44.5 Å². The Balaban J connectivity index is 2.66. The number of ether oxygens (including phenoxy) is 2. The third-order valence-corrected chi connectivity index (χ3v) is 4.63. The highest BCUT2D eigenvalue weighted by molar-refractivity contribution is 7.99. The van der Waals surface area contributed by atoms with Crippen molar-refractivity contribution in [2.24, 2.45) is 11.7 Å². The summed E-state index contributed by atoms with van der Waals surface area (Å²) < 4.78 is 10.6. The molecular formula is C15H25NO2S. The molecule has 0 aromatic heterocycles. The largest absolute Gasteiger partial charge is 0.497 e. The van der Waals surface area contributed by atoms with Gasteiger partial charge in [0.2, 0.25) is 0 Å². The Labute approximate surface area is 120 Å². The van der Waals surface area contributed by atoms with E-state index in [1.165, 1.54) is 6.42 Å². The number of methoxy groups -OCH3 is 2. The third kappa shape index (κ3) is 4.96. The van der Waals surface area contributed by atoms with Crippen LogP contribution in [0, 0.1) is 5.92 Å². The number of benzene rings is 1. The molecule has 108 valence electrons. The second-order valence-corrected chi connectivity index (χ2v) is 5.84. The molecule has 0 saturated heterocycles. The van der Waals surface area contributed by atoms with Crippen LogP contribution in [0.4, 0.5) is 0 Å². The molecule has 4 heteroatoms. The van der Waals surface area contributed by atoms with Crippen molar-refractivity contribution in [1.82, 2.24) is 0 Å². The molecule has 0 saturated carbocycles. The van der Waals surface area contributed by atoms with Crippen LogP contribution in [0.5, 0.6) is 11.5 Å². The van der Waals surface area contributed by atoms with E-state index in [1.54, 1.807) is 14.2 Å². The second kappa shape index (κ2) is 8.33. The number of rotatable bonds is 8. The molecule has 1 aromatic carbocycles. The molecule has 0 spiro atoms. The minimum atomic E-state index is -0.0286. The van der Waals surface area contributed by atoms with Crippen molar-refractivity contribution in [2.45, 2.75) is 26.3 Å². The minimum absolute atomic E-state index is 0.0286. The zero-order valence-electron chi connectivity index (χ0n) is 12.3. The summed E-state index contributed by atoms with van der Waals surface area (Å²) in [5, 5.41) is 0. The molecule has 0 heterocycles. The molecule has 3 nitrogen and oxygen atoms in total. The Kier molecular flexibility index (Phi) is 7.10. The van der Waals surface area contributed by atoms with Gasteiger partial charge in [0.1, 0.15) is 11.5 Å². The highest BCUT2D eigenvalue weighted by Crippen LogP contribution is 2.30. The SMILES string of the molecule is CCC(C)CSCC(N)c1cc(OC)ccc1OC. The van der Waals surface area contributed by atoms with Crippen molar-refractivity contribution in [1.29, 1.82) is 0 Å². The monoisotopic (exact) mass is 283 g/mol. The predicted molar refractivity (Wildman–Crippen MR) is 83.3 cm³/mol. The van der Waals surface area contributed by atoms with E-state index in [-0.39, 0.29) is 6.04 Å². The van der Waals surface area contributed by atoms with Crippen LogP contribution in [0.25, 0.3) is 0 Å². The van der Waals surface area contributed by atoms with Crippen molar-refractivity contribution in [2.75, 3.05) is 25.7 Å². The maximum atomic E-state index is 6.27. The fraction of sp³-hybridized carbons (Fsp3) is 0.600. The van der Waals surface area contributed by atoms with Gasteiger partial charge in [-0.05, 0) is 29.9 Å². The van der Waals surface area contributed by atoms with E-state index in [4.69, 9.17) is 15.2 Å². The summed E-state index contributed by atoms with van der Waals surface area (Å²) in [7, 11) is 3.33. The maximum absolute atomic E-state index is 6.27. The van der Waals surface area contributed by atoms with E-state index in [0.717, 1.165) is 34.5 Å². The standard InChI is InChI=1S/C15H25NO2S/c1-5-11(2)9-19-10-14(16)13-8-12(17-3)6-7-15(13)18-4/h6-8,11,14H,5,9-10,16H2,1-4H3. The lowest BCUT2D eigenvalue weighted by Crippen LogP contribution is -2.15. The number of thioether (sulfide) groups is 1. The third-order valence-electron chi connectivity index (χ3n) is 3.23. The van der Waals surface area contributed by atoms with Crippen molar-refractivity contribution in [3.8, 4) is 11.5 Å². The second-order valence-electron chi connectivity index (χ2n) is 4.77. The van der Waals surface area contributed by atoms with Gasteiger partial charge < -0.3 is 15.2 Å². The Hall–Kier alpha value is -0.870. The highest BCUT2D eigenvalue weighted by Gasteiger charge is 2.13. The molecule has 0 bridgehead atoms. The van der Waals surface area contributed by atoms with E-state index in [2.05, 4.69) is 13.8 Å². The molecule has 1 rings (SSSR count). The van der Waals surface area contributed by atoms with E-state index in [1.807, 2.05) is 30.0 Å². The van der Waals surface area contributed by atoms with Gasteiger partial charge in [-0.1, -0.05) is 20.3 Å². The molecule has 2 unspecified atom stereocenters. The smallest absolute Gasteiger partial charge is 0.123 e. The molecule has 1 aromatic rings. The van der Waals surface area contributed by atoms with Crippen LogP contribution in [-0.4, -0.2) is 25.7 Å². The van der Waals surface area contributed by atoms with Gasteiger partial charge in [-0.25, -0.2) is 0 Å². The lowest BCUT2D eigenvalue weighted by Gasteiger charge is -2.17. The van der Waals surface area contributed by atoms with Crippen LogP contribution >= 0.6 is 11.8 Å². The van der Waals surface area contributed by atoms with Crippen molar-refractivity contribution >= 4 is 11.8 Å². The normalized spacial score (nSPS) is 13.9. The Morgan fingerprint density at radius 3 is 2.53 bits per heavy atom. The average Bonchev–Trinajstić information content (AvgIpc) is 2.45. The number of hydrogen-bond donors (Lipinski definition) is 1. The molecule has 2 atom stereocenters. The molecule has 0 radical (unpaired) electrons. The molecule has 2 N–H and O–H groups in total. The summed E-state index contributed by atoms with van der Waals surface area (Å²) in [5.74, 6) is 4.43. The van der Waals surface area contributed by atoms with E-state index < -0.39 is 0 Å². The van der Waals surface area contributed by atoms with Gasteiger partial charge in [0, 0.05) is 17.4 Å². The van der Waals surface area contributed by atoms with Gasteiger partial charge in [-0.2, -0.15) is 11.8 Å². The average molecular weight is 283 g/mol. The quantitative estimate of drug-likeness (QED) is 0.793. The van der Waals surface area contributed by atoms with Crippen LogP contribution in [-0.2, 0) is 0 Å². The van der Waals surface area contributed by atoms with Gasteiger partial charge in [0.25, 0.3) is 0 Å². The molecule has 0 amide bonds. The van der Waals surface area contributed by atoms with Crippen molar-refractivity contribution in [3.63, 3.8) is 0 Å². The zero-order chi connectivity index (χ0) is 14.3. The summed E-state index contributed by atoms with van der Waals surface area (Å²) in [6.45, 7) is 4.49. The maximum Gasteiger partial charge on any atom is 0.123 e. The first kappa shape index (κ1) is 16.2. The summed E-state index contributed by atoms with van der Waals surface area (Å²) in [5.41, 5.74) is 7.28. The lowest BCUT2D eigenvalue weighted by molar-refractivity contribution is 0.396. The van der Waals surface area contributed by atoms with Gasteiger partial charge in [0.05, 0.1) is 14.2 Å². The van der Waals surface area contributed by atoms with Crippen molar-refractivity contribution in [3.05, 3.63) is 23.8 Å². The number of nitrogens with two attached hydrogens (primary N) is 1. The molecule has 0 aliphatic carbocycles. The Morgan fingerprint density at radius 2 is 1.95 bits per heavy atom. The van der Waals surface area contributed by atoms with Crippen LogP contribution < -0.4 is 15.2 Å². The first-order valence-corrected chi connectivity index (χ1v) is 7.83. The molecule has 19 heavy (non-hydrogen) atoms. The van der Waals surface area contributed by atoms with Crippen LogP contribution in [0.2, 0.25) is 0 Å². The lowest BCUT2D eigenvalue weighted by atomic mass is 10.1. The summed E-state index contributed by atoms with van der Waals surface area (Å²) in [6, 6.07) is 5.74. The van der Waals surface area contributed by atoms with E-state index >= 15 is 0 Å². The first-order chi connectivity index (χ1) is 9.12. The summed E-state index contributed by atoms with van der Waals surface area (Å²) in [4.78, 5) is 0. The fourth-order valence-corrected chi connectivity index (χ4v) is 2.94. The van der Waals surface area contributed by atoms with Gasteiger partial charge in [-0.3, -0.25) is 0 Å². The fourth-order valence-electron chi connectivity index (χ4n) is 1.73. The van der Waals surface area contributed by atoms with Gasteiger partial charge in [-0.15, -0.1) is 0 Å². The molecule has 0 aliphatic rings. The van der Waals surface area contributed by atoms with Gasteiger partial charge >= 0.3 is 0 Å². The zero-order valence-corrected chi connectivity index (χ0v) is 13.1. The number of hydrogen-bond acceptors (Lipinski definition) is 4. The summed E-state index contributed by atoms with van der Waals surface area (Å²) >= 11 is 1.90. The van der Waals surface area contributed by atoms with Crippen molar-refractivity contribution < 1.29 is 9.47 Å². The van der Waals surface area contributed by atoms with Gasteiger partial charge in [0.15, 0.2) is 0 Å². The van der Waals surface area contributed by atoms with Crippen LogP contribution in [0.15, 0.2) is 18.2 Å². The Bertz CT molecular complexity index is 384. The van der Waals surface area contributed by atoms with Crippen LogP contribution in [0.1, 0.15) is 31.9 Å². The summed E-state index contributed by atoms with van der Waals surface area (Å²) in [6.07, 6.45) is 1.21. The van der Waals surface area contributed by atoms with Crippen LogP contribution in [0.3, 0.4) is 0 Å². The van der Waals surface area contributed by atoms with E-state index in [0.29, 0.717) is 0 Å².